The molecule has 2 heteroatoms. The molecule has 2 nitrogen and oxygen atoms in total. The summed E-state index contributed by atoms with van der Waals surface area (Å²) in [4.78, 5) is 13.9. The maximum Gasteiger partial charge on any atom is 0.193 e. The van der Waals surface area contributed by atoms with E-state index in [0.717, 1.165) is 53.1 Å². The average molecular weight is 491 g/mol. The summed E-state index contributed by atoms with van der Waals surface area (Å²) in [5.74, 6) is 0.0438. The minimum atomic E-state index is -1.27. The number of aryl methyl sites for hydroxylation is 2. The van der Waals surface area contributed by atoms with Gasteiger partial charge in [-0.25, -0.2) is 0 Å². The molecule has 0 atom stereocenters. The molecule has 0 saturated heterocycles. The largest absolute Gasteiger partial charge is 0.380 e. The third-order valence-corrected chi connectivity index (χ3v) is 8.01. The minimum absolute atomic E-state index is 0.0438. The van der Waals surface area contributed by atoms with Crippen molar-refractivity contribution in [2.45, 2.75) is 77.2 Å². The van der Waals surface area contributed by atoms with Crippen LogP contribution in [0.4, 0.5) is 0 Å². The molecule has 1 aliphatic carbocycles. The molecule has 190 valence electrons. The van der Waals surface area contributed by atoms with Crippen LogP contribution in [0.15, 0.2) is 78.9 Å². The van der Waals surface area contributed by atoms with Gasteiger partial charge < -0.3 is 5.11 Å². The smallest absolute Gasteiger partial charge is 0.193 e. The number of rotatable bonds is 10. The molecule has 4 aromatic carbocycles. The molecule has 0 aliphatic heterocycles. The van der Waals surface area contributed by atoms with Crippen LogP contribution in [0.2, 0.25) is 0 Å². The molecule has 0 spiro atoms. The molecule has 5 rings (SSSR count). The summed E-state index contributed by atoms with van der Waals surface area (Å²) in [5, 5.41) is 14.9. The van der Waals surface area contributed by atoms with Crippen LogP contribution in [0.1, 0.15) is 96.1 Å². The van der Waals surface area contributed by atoms with Gasteiger partial charge in [0.2, 0.25) is 0 Å². The second-order valence-corrected chi connectivity index (χ2v) is 10.7. The fourth-order valence-corrected chi connectivity index (χ4v) is 5.95. The van der Waals surface area contributed by atoms with Crippen molar-refractivity contribution in [3.63, 3.8) is 0 Å². The van der Waals surface area contributed by atoms with Crippen molar-refractivity contribution in [3.8, 4) is 0 Å². The molecule has 0 heterocycles. The predicted octanol–water partition coefficient (Wildman–Crippen LogP) is 8.33. The van der Waals surface area contributed by atoms with Gasteiger partial charge in [-0.1, -0.05) is 106 Å². The first-order chi connectivity index (χ1) is 18.0. The second kappa shape index (κ2) is 11.0. The van der Waals surface area contributed by atoms with Crippen molar-refractivity contribution in [2.75, 3.05) is 0 Å². The quantitative estimate of drug-likeness (QED) is 0.227. The fraction of sp³-hybridized carbons (Fsp3) is 0.343. The van der Waals surface area contributed by atoms with Crippen LogP contribution in [0.3, 0.4) is 0 Å². The monoisotopic (exact) mass is 490 g/mol. The zero-order valence-electron chi connectivity index (χ0n) is 22.2. The van der Waals surface area contributed by atoms with Crippen LogP contribution in [0.25, 0.3) is 10.8 Å². The van der Waals surface area contributed by atoms with Crippen molar-refractivity contribution in [1.29, 1.82) is 0 Å². The number of carbonyl (C=O) groups is 1. The lowest BCUT2D eigenvalue weighted by atomic mass is 9.70. The molecule has 0 radical (unpaired) electrons. The van der Waals surface area contributed by atoms with Crippen molar-refractivity contribution in [2.24, 2.45) is 0 Å². The van der Waals surface area contributed by atoms with E-state index in [4.69, 9.17) is 0 Å². The second-order valence-electron chi connectivity index (χ2n) is 10.7. The van der Waals surface area contributed by atoms with Gasteiger partial charge in [-0.15, -0.1) is 0 Å². The third kappa shape index (κ3) is 5.00. The number of unbranched alkanes of at least 4 members (excludes halogenated alkanes) is 4. The highest BCUT2D eigenvalue weighted by atomic mass is 16.3. The highest BCUT2D eigenvalue weighted by Crippen LogP contribution is 2.43. The van der Waals surface area contributed by atoms with Crippen LogP contribution in [-0.2, 0) is 24.9 Å². The first-order valence-corrected chi connectivity index (χ1v) is 14.1. The summed E-state index contributed by atoms with van der Waals surface area (Å²) >= 11 is 0. The lowest BCUT2D eigenvalue weighted by Gasteiger charge is -2.37. The topological polar surface area (TPSA) is 37.3 Å². The Labute approximate surface area is 221 Å². The van der Waals surface area contributed by atoms with Gasteiger partial charge >= 0.3 is 0 Å². The standard InChI is InChI=1S/C35H38O2/c1-3-5-7-12-25-18-20-32-30(22-25)34(36)31-23-26(13-8-6-4-2)19-21-33(31)35(32,37)24-28-16-11-15-27-14-9-10-17-29(27)28/h9-11,14-23,37H,3-8,12-13,24H2,1-2H3. The van der Waals surface area contributed by atoms with E-state index in [1.165, 1.54) is 36.8 Å². The third-order valence-electron chi connectivity index (χ3n) is 8.01. The minimum Gasteiger partial charge on any atom is -0.380 e. The number of carbonyl (C=O) groups excluding carboxylic acids is 1. The van der Waals surface area contributed by atoms with Gasteiger partial charge in [-0.3, -0.25) is 4.79 Å². The molecule has 0 unspecified atom stereocenters. The summed E-state index contributed by atoms with van der Waals surface area (Å²) in [6, 6.07) is 27.0. The van der Waals surface area contributed by atoms with E-state index in [1.54, 1.807) is 0 Å². The van der Waals surface area contributed by atoms with Gasteiger partial charge in [0, 0.05) is 17.5 Å². The van der Waals surface area contributed by atoms with Crippen LogP contribution < -0.4 is 0 Å². The molecular formula is C35H38O2. The summed E-state index contributed by atoms with van der Waals surface area (Å²) in [7, 11) is 0. The molecule has 1 N–H and O–H groups in total. The predicted molar refractivity (Wildman–Crippen MR) is 153 cm³/mol. The number of ketones is 1. The number of aliphatic hydroxyl groups is 1. The van der Waals surface area contributed by atoms with Gasteiger partial charge in [0.1, 0.15) is 5.60 Å². The van der Waals surface area contributed by atoms with Crippen molar-refractivity contribution >= 4 is 16.6 Å². The van der Waals surface area contributed by atoms with Gasteiger partial charge in [0.15, 0.2) is 5.78 Å². The van der Waals surface area contributed by atoms with Gasteiger partial charge in [0.05, 0.1) is 0 Å². The van der Waals surface area contributed by atoms with Gasteiger partial charge in [-0.05, 0) is 76.4 Å². The van der Waals surface area contributed by atoms with Crippen LogP contribution >= 0.6 is 0 Å². The maximum atomic E-state index is 13.9. The summed E-state index contributed by atoms with van der Waals surface area (Å²) in [6.45, 7) is 4.41. The molecule has 4 aromatic rings. The molecule has 0 saturated carbocycles. The SMILES string of the molecule is CCCCCc1ccc2c(c1)C(=O)c1cc(CCCCC)ccc1C2(O)Cc1cccc2ccccc12. The van der Waals surface area contributed by atoms with E-state index in [-0.39, 0.29) is 5.78 Å². The molecule has 1 aliphatic rings. The molecule has 0 bridgehead atoms. The van der Waals surface area contributed by atoms with E-state index in [0.29, 0.717) is 17.5 Å². The number of hydrogen-bond donors (Lipinski definition) is 1. The number of hydrogen-bond acceptors (Lipinski definition) is 2. The highest BCUT2D eigenvalue weighted by molar-refractivity contribution is 6.13. The first-order valence-electron chi connectivity index (χ1n) is 14.1. The van der Waals surface area contributed by atoms with Crippen LogP contribution in [0.5, 0.6) is 0 Å². The average Bonchev–Trinajstić information content (AvgIpc) is 2.92. The van der Waals surface area contributed by atoms with E-state index in [2.05, 4.69) is 56.3 Å². The summed E-state index contributed by atoms with van der Waals surface area (Å²) in [5.41, 5.74) is 4.96. The summed E-state index contributed by atoms with van der Waals surface area (Å²) in [6.07, 6.45) is 9.27. The Morgan fingerprint density at radius 1 is 0.676 bits per heavy atom. The van der Waals surface area contributed by atoms with E-state index < -0.39 is 5.60 Å². The van der Waals surface area contributed by atoms with Crippen molar-refractivity contribution < 1.29 is 9.90 Å². The summed E-state index contributed by atoms with van der Waals surface area (Å²) < 4.78 is 0. The molecular weight excluding hydrogens is 452 g/mol. The molecule has 0 aromatic heterocycles. The molecule has 0 amide bonds. The van der Waals surface area contributed by atoms with E-state index in [9.17, 15) is 9.90 Å². The number of benzene rings is 4. The first kappa shape index (κ1) is 25.4. The van der Waals surface area contributed by atoms with Gasteiger partial charge in [-0.2, -0.15) is 0 Å². The Hall–Kier alpha value is -3.23. The Morgan fingerprint density at radius 2 is 1.24 bits per heavy atom. The van der Waals surface area contributed by atoms with E-state index in [1.807, 2.05) is 36.4 Å². The number of fused-ring (bicyclic) bond motifs is 3. The van der Waals surface area contributed by atoms with Crippen LogP contribution in [-0.4, -0.2) is 10.9 Å². The molecule has 37 heavy (non-hydrogen) atoms. The normalized spacial score (nSPS) is 14.0. The van der Waals surface area contributed by atoms with E-state index >= 15 is 0 Å². The molecule has 0 fully saturated rings. The zero-order chi connectivity index (χ0) is 25.8. The highest BCUT2D eigenvalue weighted by Gasteiger charge is 2.42. The maximum absolute atomic E-state index is 13.9. The van der Waals surface area contributed by atoms with Crippen LogP contribution in [0, 0.1) is 0 Å². The lowest BCUT2D eigenvalue weighted by Crippen LogP contribution is -2.38. The lowest BCUT2D eigenvalue weighted by molar-refractivity contribution is 0.0723. The Bertz CT molecular complexity index is 1350. The Kier molecular flexibility index (Phi) is 7.58. The van der Waals surface area contributed by atoms with Crippen molar-refractivity contribution in [1.82, 2.24) is 0 Å². The Morgan fingerprint density at radius 3 is 1.84 bits per heavy atom. The zero-order valence-corrected chi connectivity index (χ0v) is 22.2. The Balaban J connectivity index is 1.62. The fourth-order valence-electron chi connectivity index (χ4n) is 5.95. The van der Waals surface area contributed by atoms with Crippen molar-refractivity contribution in [3.05, 3.63) is 118 Å². The van der Waals surface area contributed by atoms with Gasteiger partial charge in [0.25, 0.3) is 0 Å².